The van der Waals surface area contributed by atoms with Gasteiger partial charge in [-0.05, 0) is 31.9 Å². The second-order valence-corrected chi connectivity index (χ2v) is 4.31. The van der Waals surface area contributed by atoms with Gasteiger partial charge in [0.05, 0.1) is 12.3 Å². The summed E-state index contributed by atoms with van der Waals surface area (Å²) < 4.78 is 6.64. The van der Waals surface area contributed by atoms with Crippen LogP contribution in [0.5, 0.6) is 0 Å². The van der Waals surface area contributed by atoms with Gasteiger partial charge in [-0.25, -0.2) is 9.78 Å². The van der Waals surface area contributed by atoms with Gasteiger partial charge in [0.1, 0.15) is 12.1 Å². The van der Waals surface area contributed by atoms with E-state index in [0.717, 1.165) is 16.8 Å². The molecule has 0 aliphatic heterocycles. The molecule has 0 aliphatic carbocycles. The molecule has 1 heterocycles. The second kappa shape index (κ2) is 5.14. The molecular weight excluding hydrogens is 242 g/mol. The minimum atomic E-state index is -0.495. The standard InChI is InChI=1S/C14H17N3O2/c1-4-19-14(18)11-13(15)17(8-16-11)12-9(2)6-5-7-10(12)3/h5-8H,4,15H2,1-3H3. The first-order valence-electron chi connectivity index (χ1n) is 6.12. The monoisotopic (exact) mass is 259 g/mol. The number of hydrogen-bond donors (Lipinski definition) is 1. The first-order chi connectivity index (χ1) is 9.06. The van der Waals surface area contributed by atoms with E-state index in [1.54, 1.807) is 17.8 Å². The Morgan fingerprint density at radius 3 is 2.58 bits per heavy atom. The molecule has 0 spiro atoms. The summed E-state index contributed by atoms with van der Waals surface area (Å²) >= 11 is 0. The van der Waals surface area contributed by atoms with Crippen molar-refractivity contribution in [1.82, 2.24) is 9.55 Å². The molecule has 2 N–H and O–H groups in total. The highest BCUT2D eigenvalue weighted by Gasteiger charge is 2.18. The fourth-order valence-electron chi connectivity index (χ4n) is 2.08. The predicted molar refractivity (Wildman–Crippen MR) is 73.4 cm³/mol. The van der Waals surface area contributed by atoms with Crippen molar-refractivity contribution < 1.29 is 9.53 Å². The Kier molecular flexibility index (Phi) is 3.55. The van der Waals surface area contributed by atoms with Crippen LogP contribution in [0.4, 0.5) is 5.82 Å². The Bertz CT molecular complexity index is 597. The molecule has 5 heteroatoms. The molecule has 100 valence electrons. The van der Waals surface area contributed by atoms with E-state index in [-0.39, 0.29) is 5.69 Å². The van der Waals surface area contributed by atoms with E-state index in [9.17, 15) is 4.79 Å². The van der Waals surface area contributed by atoms with Gasteiger partial charge in [-0.3, -0.25) is 4.57 Å². The van der Waals surface area contributed by atoms with Gasteiger partial charge >= 0.3 is 5.97 Å². The minimum Gasteiger partial charge on any atom is -0.461 e. The highest BCUT2D eigenvalue weighted by molar-refractivity contribution is 5.92. The molecule has 0 bridgehead atoms. The molecule has 2 rings (SSSR count). The topological polar surface area (TPSA) is 70.1 Å². The van der Waals surface area contributed by atoms with E-state index >= 15 is 0 Å². The average Bonchev–Trinajstić information content (AvgIpc) is 2.72. The summed E-state index contributed by atoms with van der Waals surface area (Å²) in [7, 11) is 0. The van der Waals surface area contributed by atoms with Crippen LogP contribution in [0.2, 0.25) is 0 Å². The third-order valence-electron chi connectivity index (χ3n) is 2.95. The van der Waals surface area contributed by atoms with Gasteiger partial charge in [0.25, 0.3) is 0 Å². The molecule has 0 aliphatic rings. The van der Waals surface area contributed by atoms with Gasteiger partial charge in [0.15, 0.2) is 5.69 Å². The zero-order chi connectivity index (χ0) is 14.0. The lowest BCUT2D eigenvalue weighted by Crippen LogP contribution is -2.10. The van der Waals surface area contributed by atoms with E-state index in [1.807, 2.05) is 32.0 Å². The number of imidazole rings is 1. The number of aryl methyl sites for hydroxylation is 2. The molecule has 1 aromatic carbocycles. The lowest BCUT2D eigenvalue weighted by Gasteiger charge is -2.12. The van der Waals surface area contributed by atoms with Crippen LogP contribution in [0, 0.1) is 13.8 Å². The summed E-state index contributed by atoms with van der Waals surface area (Å²) in [6.07, 6.45) is 1.55. The van der Waals surface area contributed by atoms with Crippen molar-refractivity contribution >= 4 is 11.8 Å². The minimum absolute atomic E-state index is 0.157. The summed E-state index contributed by atoms with van der Waals surface area (Å²) in [5.41, 5.74) is 9.25. The van der Waals surface area contributed by atoms with Gasteiger partial charge in [-0.15, -0.1) is 0 Å². The lowest BCUT2D eigenvalue weighted by molar-refractivity contribution is 0.0521. The third kappa shape index (κ3) is 2.31. The quantitative estimate of drug-likeness (QED) is 0.858. The number of nitrogens with two attached hydrogens (primary N) is 1. The Hall–Kier alpha value is -2.30. The number of esters is 1. The Morgan fingerprint density at radius 1 is 1.37 bits per heavy atom. The van der Waals surface area contributed by atoms with E-state index in [4.69, 9.17) is 10.5 Å². The van der Waals surface area contributed by atoms with Crippen LogP contribution in [0.15, 0.2) is 24.5 Å². The predicted octanol–water partition coefficient (Wildman–Crippen LogP) is 2.25. The van der Waals surface area contributed by atoms with Crippen LogP contribution in [0.3, 0.4) is 0 Å². The van der Waals surface area contributed by atoms with E-state index in [1.165, 1.54) is 0 Å². The highest BCUT2D eigenvalue weighted by atomic mass is 16.5. The van der Waals surface area contributed by atoms with E-state index < -0.39 is 5.97 Å². The number of nitrogen functional groups attached to an aromatic ring is 1. The van der Waals surface area contributed by atoms with Crippen LogP contribution < -0.4 is 5.73 Å². The summed E-state index contributed by atoms with van der Waals surface area (Å²) in [5, 5.41) is 0. The van der Waals surface area contributed by atoms with Gasteiger partial charge in [0, 0.05) is 0 Å². The third-order valence-corrected chi connectivity index (χ3v) is 2.95. The van der Waals surface area contributed by atoms with E-state index in [2.05, 4.69) is 4.98 Å². The van der Waals surface area contributed by atoms with Crippen molar-refractivity contribution in [3.8, 4) is 5.69 Å². The van der Waals surface area contributed by atoms with Crippen molar-refractivity contribution in [3.05, 3.63) is 41.3 Å². The lowest BCUT2D eigenvalue weighted by atomic mass is 10.1. The molecule has 0 amide bonds. The van der Waals surface area contributed by atoms with Crippen LogP contribution in [-0.2, 0) is 4.74 Å². The van der Waals surface area contributed by atoms with Crippen LogP contribution in [0.1, 0.15) is 28.5 Å². The molecule has 0 radical (unpaired) electrons. The molecule has 5 nitrogen and oxygen atoms in total. The number of nitrogens with zero attached hydrogens (tertiary/aromatic N) is 2. The number of aromatic nitrogens is 2. The number of anilines is 1. The second-order valence-electron chi connectivity index (χ2n) is 4.31. The zero-order valence-corrected chi connectivity index (χ0v) is 11.3. The van der Waals surface area contributed by atoms with Crippen LogP contribution >= 0.6 is 0 Å². The molecule has 2 aromatic rings. The SMILES string of the molecule is CCOC(=O)c1ncn(-c2c(C)cccc2C)c1N. The van der Waals surface area contributed by atoms with Crippen molar-refractivity contribution in [2.24, 2.45) is 0 Å². The number of carbonyl (C=O) groups is 1. The molecule has 0 fully saturated rings. The van der Waals surface area contributed by atoms with Crippen molar-refractivity contribution in [2.75, 3.05) is 12.3 Å². The number of ether oxygens (including phenoxy) is 1. The van der Waals surface area contributed by atoms with Crippen molar-refractivity contribution in [2.45, 2.75) is 20.8 Å². The van der Waals surface area contributed by atoms with Crippen LogP contribution in [-0.4, -0.2) is 22.1 Å². The number of benzene rings is 1. The zero-order valence-electron chi connectivity index (χ0n) is 11.3. The maximum Gasteiger partial charge on any atom is 0.360 e. The molecule has 0 atom stereocenters. The maximum absolute atomic E-state index is 11.7. The number of hydrogen-bond acceptors (Lipinski definition) is 4. The van der Waals surface area contributed by atoms with E-state index in [0.29, 0.717) is 12.4 Å². The van der Waals surface area contributed by atoms with Gasteiger partial charge in [-0.2, -0.15) is 0 Å². The number of para-hydroxylation sites is 1. The summed E-state index contributed by atoms with van der Waals surface area (Å²) in [6.45, 7) is 6.03. The first-order valence-corrected chi connectivity index (χ1v) is 6.12. The first kappa shape index (κ1) is 13.1. The normalized spacial score (nSPS) is 10.5. The molecule has 0 unspecified atom stereocenters. The molecule has 0 saturated carbocycles. The summed E-state index contributed by atoms with van der Waals surface area (Å²) in [6, 6.07) is 5.96. The number of carbonyl (C=O) groups excluding carboxylic acids is 1. The van der Waals surface area contributed by atoms with Gasteiger partial charge in [-0.1, -0.05) is 18.2 Å². The van der Waals surface area contributed by atoms with Crippen molar-refractivity contribution in [1.29, 1.82) is 0 Å². The van der Waals surface area contributed by atoms with Crippen LogP contribution in [0.25, 0.3) is 5.69 Å². The van der Waals surface area contributed by atoms with Gasteiger partial charge in [0.2, 0.25) is 0 Å². The molecule has 1 aromatic heterocycles. The largest absolute Gasteiger partial charge is 0.461 e. The molecular formula is C14H17N3O2. The Balaban J connectivity index is 2.51. The summed E-state index contributed by atoms with van der Waals surface area (Å²) in [5.74, 6) is -0.194. The van der Waals surface area contributed by atoms with Crippen molar-refractivity contribution in [3.63, 3.8) is 0 Å². The number of rotatable bonds is 3. The molecule has 19 heavy (non-hydrogen) atoms. The fourth-order valence-corrected chi connectivity index (χ4v) is 2.08. The molecule has 0 saturated heterocycles. The maximum atomic E-state index is 11.7. The smallest absolute Gasteiger partial charge is 0.360 e. The summed E-state index contributed by atoms with van der Waals surface area (Å²) in [4.78, 5) is 15.8. The Morgan fingerprint density at radius 2 is 2.00 bits per heavy atom. The highest BCUT2D eigenvalue weighted by Crippen LogP contribution is 2.23. The Labute approximate surface area is 112 Å². The van der Waals surface area contributed by atoms with Gasteiger partial charge < -0.3 is 10.5 Å². The fraction of sp³-hybridized carbons (Fsp3) is 0.286. The average molecular weight is 259 g/mol.